The van der Waals surface area contributed by atoms with Crippen molar-refractivity contribution < 1.29 is 9.47 Å². The van der Waals surface area contributed by atoms with Crippen LogP contribution >= 0.6 is 11.6 Å². The lowest BCUT2D eigenvalue weighted by atomic mass is 10.0. The van der Waals surface area contributed by atoms with Crippen LogP contribution in [0.3, 0.4) is 0 Å². The lowest BCUT2D eigenvalue weighted by Gasteiger charge is -2.37. The van der Waals surface area contributed by atoms with Gasteiger partial charge in [-0.05, 0) is 57.5 Å². The van der Waals surface area contributed by atoms with Crippen LogP contribution in [-0.2, 0) is 20.0 Å². The molecule has 1 unspecified atom stereocenters. The minimum atomic E-state index is 0.555. The van der Waals surface area contributed by atoms with Gasteiger partial charge in [0.15, 0.2) is 11.5 Å². The number of likely N-dealkylation sites (N-methyl/N-ethyl adjacent to an activating group) is 1. The van der Waals surface area contributed by atoms with Crippen LogP contribution in [0, 0.1) is 6.92 Å². The van der Waals surface area contributed by atoms with Gasteiger partial charge in [-0.25, -0.2) is 0 Å². The zero-order chi connectivity index (χ0) is 21.0. The zero-order valence-corrected chi connectivity index (χ0v) is 19.0. The molecule has 0 N–H and O–H groups in total. The maximum absolute atomic E-state index is 6.44. The molecule has 1 saturated heterocycles. The molecule has 29 heavy (non-hydrogen) atoms. The van der Waals surface area contributed by atoms with E-state index >= 15 is 0 Å². The van der Waals surface area contributed by atoms with Crippen LogP contribution in [0.1, 0.15) is 29.7 Å². The number of ether oxygens (including phenoxy) is 2. The van der Waals surface area contributed by atoms with Gasteiger partial charge in [0.05, 0.1) is 19.9 Å². The standard InChI is InChI=1S/C22H33ClN4O2/c1-16-19(22(23)26(3)24-16)15-27-11-6-7-18(14-27)25(2)12-10-17-8-9-20(28-4)21(13-17)29-5/h8-9,13,18H,6-7,10-12,14-15H2,1-5H3. The van der Waals surface area contributed by atoms with E-state index in [9.17, 15) is 0 Å². The van der Waals surface area contributed by atoms with Gasteiger partial charge in [0.1, 0.15) is 5.15 Å². The molecule has 3 rings (SSSR count). The first-order chi connectivity index (χ1) is 13.9. The average molecular weight is 421 g/mol. The Morgan fingerprint density at radius 2 is 2.00 bits per heavy atom. The number of piperidine rings is 1. The molecule has 7 heteroatoms. The van der Waals surface area contributed by atoms with Crippen molar-refractivity contribution in [1.29, 1.82) is 0 Å². The Kier molecular flexibility index (Phi) is 7.44. The Hall–Kier alpha value is -1.76. The van der Waals surface area contributed by atoms with Crippen LogP contribution in [0.2, 0.25) is 5.15 Å². The van der Waals surface area contributed by atoms with Crippen LogP contribution in [0.5, 0.6) is 11.5 Å². The number of methoxy groups -OCH3 is 2. The van der Waals surface area contributed by atoms with Gasteiger partial charge in [0.25, 0.3) is 0 Å². The van der Waals surface area contributed by atoms with Crippen LogP contribution < -0.4 is 9.47 Å². The van der Waals surface area contributed by atoms with Gasteiger partial charge >= 0.3 is 0 Å². The molecule has 2 heterocycles. The summed E-state index contributed by atoms with van der Waals surface area (Å²) in [4.78, 5) is 5.00. The molecule has 1 atom stereocenters. The van der Waals surface area contributed by atoms with E-state index in [0.29, 0.717) is 6.04 Å². The molecule has 6 nitrogen and oxygen atoms in total. The van der Waals surface area contributed by atoms with Gasteiger partial charge in [0.2, 0.25) is 0 Å². The predicted octanol–water partition coefficient (Wildman–Crippen LogP) is 3.54. The molecule has 1 aliphatic rings. The van der Waals surface area contributed by atoms with Crippen molar-refractivity contribution in [2.75, 3.05) is 40.9 Å². The first-order valence-corrected chi connectivity index (χ1v) is 10.6. The zero-order valence-electron chi connectivity index (χ0n) is 18.2. The molecule has 0 aliphatic carbocycles. The van der Waals surface area contributed by atoms with E-state index in [2.05, 4.69) is 34.1 Å². The first-order valence-electron chi connectivity index (χ1n) is 10.2. The van der Waals surface area contributed by atoms with Crippen LogP contribution in [-0.4, -0.2) is 66.5 Å². The number of aromatic nitrogens is 2. The molecule has 0 saturated carbocycles. The Balaban J connectivity index is 1.56. The number of halogens is 1. The van der Waals surface area contributed by atoms with Gasteiger partial charge in [-0.15, -0.1) is 0 Å². The second-order valence-electron chi connectivity index (χ2n) is 7.93. The first kappa shape index (κ1) is 21.9. The Morgan fingerprint density at radius 1 is 1.24 bits per heavy atom. The summed E-state index contributed by atoms with van der Waals surface area (Å²) in [6.45, 7) is 6.11. The minimum absolute atomic E-state index is 0.555. The molecule has 0 amide bonds. The van der Waals surface area contributed by atoms with Crippen LogP contribution in [0.4, 0.5) is 0 Å². The molecule has 0 spiro atoms. The fraction of sp³-hybridized carbons (Fsp3) is 0.591. The van der Waals surface area contributed by atoms with Crippen molar-refractivity contribution in [3.63, 3.8) is 0 Å². The highest BCUT2D eigenvalue weighted by Crippen LogP contribution is 2.28. The Morgan fingerprint density at radius 3 is 2.66 bits per heavy atom. The second kappa shape index (κ2) is 9.83. The van der Waals surface area contributed by atoms with Crippen molar-refractivity contribution >= 4 is 11.6 Å². The summed E-state index contributed by atoms with van der Waals surface area (Å²) in [5.74, 6) is 1.57. The van der Waals surface area contributed by atoms with Gasteiger partial charge in [0, 0.05) is 38.3 Å². The van der Waals surface area contributed by atoms with Gasteiger partial charge in [-0.3, -0.25) is 9.58 Å². The van der Waals surface area contributed by atoms with Gasteiger partial charge < -0.3 is 14.4 Å². The van der Waals surface area contributed by atoms with E-state index in [0.717, 1.165) is 60.5 Å². The number of hydrogen-bond acceptors (Lipinski definition) is 5. The largest absolute Gasteiger partial charge is 0.493 e. The quantitative estimate of drug-likeness (QED) is 0.653. The number of hydrogen-bond donors (Lipinski definition) is 0. The number of nitrogens with zero attached hydrogens (tertiary/aromatic N) is 4. The summed E-state index contributed by atoms with van der Waals surface area (Å²) in [6, 6.07) is 6.73. The molecule has 2 aromatic rings. The van der Waals surface area contributed by atoms with E-state index in [-0.39, 0.29) is 0 Å². The van der Waals surface area contributed by atoms with E-state index in [1.54, 1.807) is 18.9 Å². The molecular weight excluding hydrogens is 388 g/mol. The summed E-state index contributed by atoms with van der Waals surface area (Å²) in [7, 11) is 7.48. The second-order valence-corrected chi connectivity index (χ2v) is 8.29. The predicted molar refractivity (Wildman–Crippen MR) is 117 cm³/mol. The molecule has 1 aromatic heterocycles. The highest BCUT2D eigenvalue weighted by molar-refractivity contribution is 6.30. The fourth-order valence-corrected chi connectivity index (χ4v) is 4.37. The monoisotopic (exact) mass is 420 g/mol. The van der Waals surface area contributed by atoms with E-state index in [1.165, 1.54) is 18.4 Å². The number of likely N-dealkylation sites (tertiary alicyclic amines) is 1. The smallest absolute Gasteiger partial charge is 0.160 e. The van der Waals surface area contributed by atoms with Crippen molar-refractivity contribution in [3.05, 3.63) is 40.2 Å². The highest BCUT2D eigenvalue weighted by Gasteiger charge is 2.25. The Labute approximate surface area is 179 Å². The van der Waals surface area contributed by atoms with Crippen molar-refractivity contribution in [3.8, 4) is 11.5 Å². The molecule has 160 valence electrons. The average Bonchev–Trinajstić information content (AvgIpc) is 2.97. The molecule has 1 aromatic carbocycles. The Bertz CT molecular complexity index is 823. The molecule has 0 radical (unpaired) electrons. The molecule has 0 bridgehead atoms. The summed E-state index contributed by atoms with van der Waals surface area (Å²) >= 11 is 6.44. The topological polar surface area (TPSA) is 42.8 Å². The molecule has 1 aliphatic heterocycles. The van der Waals surface area contributed by atoms with Crippen molar-refractivity contribution in [2.24, 2.45) is 7.05 Å². The van der Waals surface area contributed by atoms with Gasteiger partial charge in [-0.2, -0.15) is 5.10 Å². The van der Waals surface area contributed by atoms with Crippen LogP contribution in [0.25, 0.3) is 0 Å². The summed E-state index contributed by atoms with van der Waals surface area (Å²) in [5.41, 5.74) is 3.45. The summed E-state index contributed by atoms with van der Waals surface area (Å²) < 4.78 is 12.5. The maximum Gasteiger partial charge on any atom is 0.160 e. The van der Waals surface area contributed by atoms with E-state index in [1.807, 2.05) is 20.0 Å². The SMILES string of the molecule is COc1ccc(CCN(C)C2CCCN(Cc3c(C)nn(C)c3Cl)C2)cc1OC. The lowest BCUT2D eigenvalue weighted by molar-refractivity contribution is 0.112. The normalized spacial score (nSPS) is 17.7. The van der Waals surface area contributed by atoms with Crippen LogP contribution in [0.15, 0.2) is 18.2 Å². The summed E-state index contributed by atoms with van der Waals surface area (Å²) in [6.07, 6.45) is 3.43. The van der Waals surface area contributed by atoms with E-state index < -0.39 is 0 Å². The fourth-order valence-electron chi connectivity index (χ4n) is 4.14. The van der Waals surface area contributed by atoms with Crippen molar-refractivity contribution in [2.45, 2.75) is 38.8 Å². The third kappa shape index (κ3) is 5.24. The number of rotatable bonds is 8. The number of benzene rings is 1. The third-order valence-corrected chi connectivity index (χ3v) is 6.43. The lowest BCUT2D eigenvalue weighted by Crippen LogP contribution is -2.46. The summed E-state index contributed by atoms with van der Waals surface area (Å²) in [5, 5.41) is 5.20. The maximum atomic E-state index is 6.44. The van der Waals surface area contributed by atoms with Crippen molar-refractivity contribution in [1.82, 2.24) is 19.6 Å². The molecule has 1 fully saturated rings. The molecular formula is C22H33ClN4O2. The minimum Gasteiger partial charge on any atom is -0.493 e. The van der Waals surface area contributed by atoms with Gasteiger partial charge in [-0.1, -0.05) is 17.7 Å². The van der Waals surface area contributed by atoms with E-state index in [4.69, 9.17) is 21.1 Å². The number of aryl methyl sites for hydroxylation is 2. The highest BCUT2D eigenvalue weighted by atomic mass is 35.5. The third-order valence-electron chi connectivity index (χ3n) is 5.96.